The van der Waals surface area contributed by atoms with Gasteiger partial charge in [0.1, 0.15) is 5.75 Å². The second kappa shape index (κ2) is 6.60. The van der Waals surface area contributed by atoms with Crippen LogP contribution in [0.1, 0.15) is 44.7 Å². The van der Waals surface area contributed by atoms with Crippen LogP contribution in [-0.2, 0) is 0 Å². The zero-order valence-corrected chi connectivity index (χ0v) is 11.4. The number of benzene rings is 1. The van der Waals surface area contributed by atoms with E-state index in [1.807, 2.05) is 13.0 Å². The van der Waals surface area contributed by atoms with E-state index < -0.39 is 0 Å². The Balaban J connectivity index is 2.03. The quantitative estimate of drug-likeness (QED) is 0.796. The molecule has 1 aliphatic carbocycles. The van der Waals surface area contributed by atoms with E-state index >= 15 is 0 Å². The van der Waals surface area contributed by atoms with Crippen LogP contribution in [0.25, 0.3) is 0 Å². The van der Waals surface area contributed by atoms with Crippen molar-refractivity contribution in [1.82, 2.24) is 5.32 Å². The number of allylic oxidation sites excluding steroid dienone is 1. The topological polar surface area (TPSA) is 21.3 Å². The van der Waals surface area contributed by atoms with Gasteiger partial charge < -0.3 is 10.1 Å². The summed E-state index contributed by atoms with van der Waals surface area (Å²) in [6.07, 6.45) is 8.12. The van der Waals surface area contributed by atoms with Gasteiger partial charge in [-0.1, -0.05) is 30.4 Å². The molecule has 2 nitrogen and oxygen atoms in total. The fraction of sp³-hybridized carbons (Fsp3) is 0.500. The van der Waals surface area contributed by atoms with Crippen molar-refractivity contribution < 1.29 is 4.74 Å². The molecule has 0 amide bonds. The molecule has 1 N–H and O–H groups in total. The van der Waals surface area contributed by atoms with Gasteiger partial charge in [-0.2, -0.15) is 0 Å². The maximum absolute atomic E-state index is 5.69. The minimum absolute atomic E-state index is 0.337. The minimum atomic E-state index is 0.337. The lowest BCUT2D eigenvalue weighted by atomic mass is 9.99. The first-order valence-electron chi connectivity index (χ1n) is 6.94. The molecule has 1 aromatic rings. The van der Waals surface area contributed by atoms with Crippen LogP contribution in [-0.4, -0.2) is 12.6 Å². The largest absolute Gasteiger partial charge is 0.494 e. The Morgan fingerprint density at radius 1 is 1.33 bits per heavy atom. The number of para-hydroxylation sites is 1. The molecule has 0 bridgehead atoms. The van der Waals surface area contributed by atoms with E-state index in [1.54, 1.807) is 0 Å². The summed E-state index contributed by atoms with van der Waals surface area (Å²) in [5.74, 6) is 1.01. The molecule has 1 aliphatic rings. The highest BCUT2D eigenvalue weighted by Crippen LogP contribution is 2.26. The molecular formula is C16H23NO. The van der Waals surface area contributed by atoms with Gasteiger partial charge in [0.05, 0.1) is 6.61 Å². The van der Waals surface area contributed by atoms with Gasteiger partial charge in [-0.05, 0) is 39.2 Å². The number of hydrogen-bond donors (Lipinski definition) is 1. The molecule has 18 heavy (non-hydrogen) atoms. The van der Waals surface area contributed by atoms with Gasteiger partial charge in [-0.3, -0.25) is 0 Å². The average molecular weight is 245 g/mol. The highest BCUT2D eigenvalue weighted by Gasteiger charge is 2.16. The van der Waals surface area contributed by atoms with Gasteiger partial charge in [0, 0.05) is 17.6 Å². The van der Waals surface area contributed by atoms with E-state index in [0.717, 1.165) is 18.8 Å². The van der Waals surface area contributed by atoms with Gasteiger partial charge in [0.25, 0.3) is 0 Å². The Labute approximate surface area is 110 Å². The third kappa shape index (κ3) is 3.36. The average Bonchev–Trinajstić information content (AvgIpc) is 2.41. The molecule has 0 radical (unpaired) electrons. The van der Waals surface area contributed by atoms with Crippen molar-refractivity contribution in [2.45, 2.75) is 45.2 Å². The van der Waals surface area contributed by atoms with Crippen LogP contribution >= 0.6 is 0 Å². The third-order valence-corrected chi connectivity index (χ3v) is 3.44. The first kappa shape index (κ1) is 13.2. The fourth-order valence-corrected chi connectivity index (χ4v) is 2.51. The van der Waals surface area contributed by atoms with Crippen LogP contribution in [0.2, 0.25) is 0 Å². The van der Waals surface area contributed by atoms with Crippen molar-refractivity contribution in [2.75, 3.05) is 6.61 Å². The maximum atomic E-state index is 5.69. The third-order valence-electron chi connectivity index (χ3n) is 3.44. The molecule has 0 aliphatic heterocycles. The van der Waals surface area contributed by atoms with Crippen LogP contribution < -0.4 is 10.1 Å². The molecule has 2 heteroatoms. The monoisotopic (exact) mass is 245 g/mol. The van der Waals surface area contributed by atoms with Crippen molar-refractivity contribution in [3.8, 4) is 5.75 Å². The Morgan fingerprint density at radius 2 is 2.17 bits per heavy atom. The molecule has 1 aromatic carbocycles. The van der Waals surface area contributed by atoms with E-state index in [9.17, 15) is 0 Å². The van der Waals surface area contributed by atoms with Crippen LogP contribution in [0.15, 0.2) is 36.4 Å². The molecule has 2 rings (SSSR count). The van der Waals surface area contributed by atoms with Crippen molar-refractivity contribution in [1.29, 1.82) is 0 Å². The number of nitrogens with one attached hydrogen (secondary N) is 1. The van der Waals surface area contributed by atoms with E-state index in [2.05, 4.69) is 42.6 Å². The second-order valence-electron chi connectivity index (χ2n) is 4.84. The summed E-state index contributed by atoms with van der Waals surface area (Å²) in [6, 6.07) is 9.25. The lowest BCUT2D eigenvalue weighted by molar-refractivity contribution is 0.328. The molecule has 0 aromatic heterocycles. The predicted molar refractivity (Wildman–Crippen MR) is 75.9 cm³/mol. The SMILES string of the molecule is CCOc1ccccc1C(C)NC1CC=CCC1. The minimum Gasteiger partial charge on any atom is -0.494 e. The molecule has 0 heterocycles. The van der Waals surface area contributed by atoms with Crippen LogP contribution in [0.5, 0.6) is 5.75 Å². The highest BCUT2D eigenvalue weighted by atomic mass is 16.5. The number of ether oxygens (including phenoxy) is 1. The Morgan fingerprint density at radius 3 is 2.89 bits per heavy atom. The zero-order chi connectivity index (χ0) is 12.8. The summed E-state index contributed by atoms with van der Waals surface area (Å²) < 4.78 is 5.69. The Bertz CT molecular complexity index is 400. The predicted octanol–water partition coefficient (Wildman–Crippen LogP) is 3.84. The molecule has 98 valence electrons. The molecule has 0 saturated heterocycles. The van der Waals surface area contributed by atoms with Crippen molar-refractivity contribution in [3.63, 3.8) is 0 Å². The van der Waals surface area contributed by atoms with E-state index in [0.29, 0.717) is 12.1 Å². The first-order valence-corrected chi connectivity index (χ1v) is 6.94. The Hall–Kier alpha value is -1.28. The van der Waals surface area contributed by atoms with Gasteiger partial charge in [0.15, 0.2) is 0 Å². The molecule has 0 spiro atoms. The summed E-state index contributed by atoms with van der Waals surface area (Å²) in [5, 5.41) is 3.70. The Kier molecular flexibility index (Phi) is 4.82. The lowest BCUT2D eigenvalue weighted by Gasteiger charge is -2.25. The molecule has 2 unspecified atom stereocenters. The van der Waals surface area contributed by atoms with E-state index in [-0.39, 0.29) is 0 Å². The summed E-state index contributed by atoms with van der Waals surface area (Å²) in [6.45, 7) is 4.97. The molecule has 0 fully saturated rings. The molecular weight excluding hydrogens is 222 g/mol. The summed E-state index contributed by atoms with van der Waals surface area (Å²) in [4.78, 5) is 0. The second-order valence-corrected chi connectivity index (χ2v) is 4.84. The molecule has 0 saturated carbocycles. The van der Waals surface area contributed by atoms with Gasteiger partial charge in [0.2, 0.25) is 0 Å². The number of rotatable bonds is 5. The van der Waals surface area contributed by atoms with Crippen molar-refractivity contribution >= 4 is 0 Å². The van der Waals surface area contributed by atoms with Gasteiger partial charge >= 0.3 is 0 Å². The zero-order valence-electron chi connectivity index (χ0n) is 11.4. The highest BCUT2D eigenvalue weighted by molar-refractivity contribution is 5.35. The van der Waals surface area contributed by atoms with Gasteiger partial charge in [-0.15, -0.1) is 0 Å². The van der Waals surface area contributed by atoms with E-state index in [4.69, 9.17) is 4.74 Å². The summed E-state index contributed by atoms with van der Waals surface area (Å²) >= 11 is 0. The van der Waals surface area contributed by atoms with Crippen LogP contribution in [0.4, 0.5) is 0 Å². The lowest BCUT2D eigenvalue weighted by Crippen LogP contribution is -2.32. The normalized spacial score (nSPS) is 20.7. The first-order chi connectivity index (χ1) is 8.81. The van der Waals surface area contributed by atoms with E-state index in [1.165, 1.54) is 18.4 Å². The number of hydrogen-bond acceptors (Lipinski definition) is 2. The van der Waals surface area contributed by atoms with Crippen molar-refractivity contribution in [2.24, 2.45) is 0 Å². The van der Waals surface area contributed by atoms with Crippen LogP contribution in [0.3, 0.4) is 0 Å². The summed E-state index contributed by atoms with van der Waals surface area (Å²) in [7, 11) is 0. The van der Waals surface area contributed by atoms with Gasteiger partial charge in [-0.25, -0.2) is 0 Å². The summed E-state index contributed by atoms with van der Waals surface area (Å²) in [5.41, 5.74) is 1.26. The fourth-order valence-electron chi connectivity index (χ4n) is 2.51. The maximum Gasteiger partial charge on any atom is 0.124 e. The van der Waals surface area contributed by atoms with Crippen molar-refractivity contribution in [3.05, 3.63) is 42.0 Å². The van der Waals surface area contributed by atoms with Crippen LogP contribution in [0, 0.1) is 0 Å². The molecule has 2 atom stereocenters. The standard InChI is InChI=1S/C16H23NO/c1-3-18-16-12-8-7-11-15(16)13(2)17-14-9-5-4-6-10-14/h4-5,7-8,11-14,17H,3,6,9-10H2,1-2H3. The smallest absolute Gasteiger partial charge is 0.124 e.